The van der Waals surface area contributed by atoms with Crippen LogP contribution in [0.25, 0.3) is 0 Å². The second kappa shape index (κ2) is 13.8. The normalized spacial score (nSPS) is 16.1. The van der Waals surface area contributed by atoms with Crippen LogP contribution in [0.2, 0.25) is 0 Å². The van der Waals surface area contributed by atoms with Crippen LogP contribution in [0.15, 0.2) is 47.5 Å². The summed E-state index contributed by atoms with van der Waals surface area (Å²) in [6.07, 6.45) is 3.41. The highest BCUT2D eigenvalue weighted by molar-refractivity contribution is 5.90. The molecule has 1 fully saturated rings. The summed E-state index contributed by atoms with van der Waals surface area (Å²) in [6, 6.07) is 11.3. The van der Waals surface area contributed by atoms with Gasteiger partial charge in [-0.3, -0.25) is 0 Å². The molecule has 0 aliphatic carbocycles. The number of ether oxygens (including phenoxy) is 7. The quantitative estimate of drug-likeness (QED) is 0.311. The molecule has 0 radical (unpaired) electrons. The van der Waals surface area contributed by atoms with Gasteiger partial charge >= 0.3 is 5.97 Å². The molecule has 0 saturated carbocycles. The van der Waals surface area contributed by atoms with E-state index in [4.69, 9.17) is 33.2 Å². The van der Waals surface area contributed by atoms with E-state index in [-0.39, 0.29) is 12.9 Å². The van der Waals surface area contributed by atoms with Crippen molar-refractivity contribution in [3.8, 4) is 23.0 Å². The van der Waals surface area contributed by atoms with E-state index in [1.807, 2.05) is 36.4 Å². The van der Waals surface area contributed by atoms with Crippen molar-refractivity contribution in [3.63, 3.8) is 0 Å². The average Bonchev–Trinajstić information content (AvgIpc) is 2.93. The predicted octanol–water partition coefficient (Wildman–Crippen LogP) is 4.52. The summed E-state index contributed by atoms with van der Waals surface area (Å²) in [5.74, 6) is 2.05. The highest BCUT2D eigenvalue weighted by Gasteiger charge is 2.22. The van der Waals surface area contributed by atoms with Crippen molar-refractivity contribution in [2.75, 3.05) is 48.8 Å². The zero-order valence-corrected chi connectivity index (χ0v) is 21.8. The largest absolute Gasteiger partial charge is 0.493 e. The van der Waals surface area contributed by atoms with Gasteiger partial charge in [0.1, 0.15) is 0 Å². The molecule has 196 valence electrons. The van der Waals surface area contributed by atoms with Crippen LogP contribution in [0.1, 0.15) is 30.4 Å². The van der Waals surface area contributed by atoms with Crippen molar-refractivity contribution in [1.82, 2.24) is 0 Å². The van der Waals surface area contributed by atoms with Gasteiger partial charge in [-0.1, -0.05) is 12.1 Å². The molecule has 2 aromatic rings. The van der Waals surface area contributed by atoms with E-state index in [1.165, 1.54) is 7.11 Å². The number of benzene rings is 2. The van der Waals surface area contributed by atoms with Gasteiger partial charge in [-0.2, -0.15) is 0 Å². The summed E-state index contributed by atoms with van der Waals surface area (Å²) in [4.78, 5) is 13.0. The van der Waals surface area contributed by atoms with Crippen LogP contribution in [-0.4, -0.2) is 61.0 Å². The van der Waals surface area contributed by atoms with E-state index in [0.717, 1.165) is 36.0 Å². The first-order chi connectivity index (χ1) is 17.5. The lowest BCUT2D eigenvalue weighted by Gasteiger charge is -2.24. The standard InChI is InChI=1S/C28H36O8/c1-30-23-11-9-19(16-25(23)32-3)14-21(18-36-27-8-6-7-13-35-27)22(28(29)34-5)15-20-10-12-24(31-2)26(17-20)33-4/h9-12,16-17,27H,6-8,13-15,18H2,1-5H3/b22-21-. The van der Waals surface area contributed by atoms with E-state index >= 15 is 0 Å². The summed E-state index contributed by atoms with van der Waals surface area (Å²) in [7, 11) is 7.75. The highest BCUT2D eigenvalue weighted by atomic mass is 16.7. The Hall–Kier alpha value is -3.23. The van der Waals surface area contributed by atoms with Crippen LogP contribution < -0.4 is 18.9 Å². The molecule has 8 nitrogen and oxygen atoms in total. The summed E-state index contributed by atoms with van der Waals surface area (Å²) < 4.78 is 38.7. The van der Waals surface area contributed by atoms with Gasteiger partial charge in [0.15, 0.2) is 29.3 Å². The van der Waals surface area contributed by atoms with E-state index in [0.29, 0.717) is 48.0 Å². The van der Waals surface area contributed by atoms with Gasteiger partial charge in [-0.25, -0.2) is 4.79 Å². The minimum Gasteiger partial charge on any atom is -0.493 e. The van der Waals surface area contributed by atoms with Gasteiger partial charge in [0.05, 0.1) is 42.2 Å². The topological polar surface area (TPSA) is 81.7 Å². The fourth-order valence-corrected chi connectivity index (χ4v) is 4.18. The van der Waals surface area contributed by atoms with Crippen LogP contribution in [-0.2, 0) is 31.8 Å². The molecular weight excluding hydrogens is 464 g/mol. The monoisotopic (exact) mass is 500 g/mol. The van der Waals surface area contributed by atoms with Gasteiger partial charge in [0, 0.05) is 18.6 Å². The minimum absolute atomic E-state index is 0.233. The Morgan fingerprint density at radius 2 is 1.39 bits per heavy atom. The Labute approximate surface area is 213 Å². The van der Waals surface area contributed by atoms with Crippen LogP contribution >= 0.6 is 0 Å². The minimum atomic E-state index is -0.409. The lowest BCUT2D eigenvalue weighted by atomic mass is 9.95. The van der Waals surface area contributed by atoms with Crippen molar-refractivity contribution < 1.29 is 38.0 Å². The molecule has 0 aromatic heterocycles. The molecule has 1 saturated heterocycles. The first-order valence-electron chi connectivity index (χ1n) is 12.0. The zero-order valence-electron chi connectivity index (χ0n) is 21.8. The van der Waals surface area contributed by atoms with Gasteiger partial charge in [-0.05, 0) is 66.6 Å². The molecule has 0 amide bonds. The maximum absolute atomic E-state index is 13.0. The summed E-state index contributed by atoms with van der Waals surface area (Å²) >= 11 is 0. The number of rotatable bonds is 12. The maximum Gasteiger partial charge on any atom is 0.334 e. The second-order valence-electron chi connectivity index (χ2n) is 8.41. The van der Waals surface area contributed by atoms with E-state index < -0.39 is 5.97 Å². The fraction of sp³-hybridized carbons (Fsp3) is 0.464. The Balaban J connectivity index is 1.99. The molecule has 1 atom stereocenters. The molecule has 1 unspecified atom stereocenters. The molecular formula is C28H36O8. The van der Waals surface area contributed by atoms with E-state index in [1.54, 1.807) is 28.4 Å². The van der Waals surface area contributed by atoms with Gasteiger partial charge in [-0.15, -0.1) is 0 Å². The Morgan fingerprint density at radius 1 is 0.806 bits per heavy atom. The number of carbonyl (C=O) groups is 1. The zero-order chi connectivity index (χ0) is 25.9. The molecule has 1 aliphatic heterocycles. The van der Waals surface area contributed by atoms with Gasteiger partial charge in [0.25, 0.3) is 0 Å². The van der Waals surface area contributed by atoms with Crippen molar-refractivity contribution in [1.29, 1.82) is 0 Å². The fourth-order valence-electron chi connectivity index (χ4n) is 4.18. The molecule has 1 aliphatic rings. The molecule has 8 heteroatoms. The predicted molar refractivity (Wildman–Crippen MR) is 135 cm³/mol. The molecule has 3 rings (SSSR count). The first-order valence-corrected chi connectivity index (χ1v) is 12.0. The number of carbonyl (C=O) groups excluding carboxylic acids is 1. The summed E-state index contributed by atoms with van der Waals surface area (Å²) in [5, 5.41) is 0. The molecule has 36 heavy (non-hydrogen) atoms. The number of methoxy groups -OCH3 is 5. The summed E-state index contributed by atoms with van der Waals surface area (Å²) in [5.41, 5.74) is 3.16. The maximum atomic E-state index is 13.0. The van der Waals surface area contributed by atoms with Gasteiger partial charge < -0.3 is 33.2 Å². The highest BCUT2D eigenvalue weighted by Crippen LogP contribution is 2.31. The lowest BCUT2D eigenvalue weighted by Crippen LogP contribution is -2.24. The summed E-state index contributed by atoms with van der Waals surface area (Å²) in [6.45, 7) is 0.908. The van der Waals surface area contributed by atoms with Crippen molar-refractivity contribution in [2.45, 2.75) is 38.4 Å². The smallest absolute Gasteiger partial charge is 0.334 e. The third-order valence-electron chi connectivity index (χ3n) is 6.13. The molecule has 0 spiro atoms. The molecule has 0 bridgehead atoms. The van der Waals surface area contributed by atoms with Crippen LogP contribution in [0, 0.1) is 0 Å². The van der Waals surface area contributed by atoms with E-state index in [9.17, 15) is 4.79 Å². The molecule has 1 heterocycles. The third kappa shape index (κ3) is 7.15. The lowest BCUT2D eigenvalue weighted by molar-refractivity contribution is -0.157. The van der Waals surface area contributed by atoms with Crippen molar-refractivity contribution >= 4 is 5.97 Å². The average molecular weight is 501 g/mol. The number of esters is 1. The first kappa shape index (κ1) is 27.4. The SMILES string of the molecule is COC(=O)/C(Cc1ccc(OC)c(OC)c1)=C(\COC1CCCCO1)Cc1ccc(OC)c(OC)c1. The second-order valence-corrected chi connectivity index (χ2v) is 8.41. The van der Waals surface area contributed by atoms with E-state index in [2.05, 4.69) is 0 Å². The van der Waals surface area contributed by atoms with Gasteiger partial charge in [0.2, 0.25) is 0 Å². The van der Waals surface area contributed by atoms with Crippen LogP contribution in [0.4, 0.5) is 0 Å². The third-order valence-corrected chi connectivity index (χ3v) is 6.13. The Kier molecular flexibility index (Phi) is 10.5. The molecule has 0 N–H and O–H groups in total. The van der Waals surface area contributed by atoms with Crippen molar-refractivity contribution in [2.24, 2.45) is 0 Å². The Bertz CT molecular complexity index is 1040. The number of hydrogen-bond donors (Lipinski definition) is 0. The molecule has 2 aromatic carbocycles. The van der Waals surface area contributed by atoms with Crippen LogP contribution in [0.3, 0.4) is 0 Å². The van der Waals surface area contributed by atoms with Crippen LogP contribution in [0.5, 0.6) is 23.0 Å². The Morgan fingerprint density at radius 3 is 1.89 bits per heavy atom. The number of hydrogen-bond acceptors (Lipinski definition) is 8. The van der Waals surface area contributed by atoms with Crippen molar-refractivity contribution in [3.05, 3.63) is 58.7 Å².